The Morgan fingerprint density at radius 3 is 2.68 bits per heavy atom. The van der Waals surface area contributed by atoms with Gasteiger partial charge in [-0.3, -0.25) is 0 Å². The fraction of sp³-hybridized carbons (Fsp3) is 0.533. The molecule has 0 spiro atoms. The Labute approximate surface area is 114 Å². The Balaban J connectivity index is 2.49. The molecule has 0 atom stereocenters. The fourth-order valence-electron chi connectivity index (χ4n) is 2.31. The number of methoxy groups -OCH3 is 1. The van der Waals surface area contributed by atoms with E-state index in [9.17, 15) is 0 Å². The Hall–Kier alpha value is -1.55. The minimum absolute atomic E-state index is 0.0147. The maximum Gasteiger partial charge on any atom is 0.115 e. The van der Waals surface area contributed by atoms with Gasteiger partial charge in [-0.15, -0.1) is 0 Å². The number of imidazole rings is 1. The Morgan fingerprint density at radius 2 is 2.05 bits per heavy atom. The fourth-order valence-corrected chi connectivity index (χ4v) is 2.31. The molecule has 2 aromatic rings. The van der Waals surface area contributed by atoms with E-state index in [2.05, 4.69) is 31.4 Å². The molecule has 1 aromatic heterocycles. The summed E-state index contributed by atoms with van der Waals surface area (Å²) in [7, 11) is 1.73. The average Bonchev–Trinajstić information content (AvgIpc) is 2.67. The van der Waals surface area contributed by atoms with Crippen molar-refractivity contribution in [2.24, 2.45) is 0 Å². The van der Waals surface area contributed by atoms with Crippen molar-refractivity contribution in [2.75, 3.05) is 19.5 Å². The number of nitrogen functional groups attached to an aromatic ring is 1. The molecule has 19 heavy (non-hydrogen) atoms. The summed E-state index contributed by atoms with van der Waals surface area (Å²) >= 11 is 0. The zero-order valence-corrected chi connectivity index (χ0v) is 12.2. The monoisotopic (exact) mass is 261 g/mol. The third-order valence-electron chi connectivity index (χ3n) is 3.17. The lowest BCUT2D eigenvalue weighted by molar-refractivity contribution is 0.190. The van der Waals surface area contributed by atoms with Crippen LogP contribution in [0.15, 0.2) is 18.2 Å². The molecule has 0 radical (unpaired) electrons. The molecule has 0 amide bonds. The van der Waals surface area contributed by atoms with Gasteiger partial charge in [-0.25, -0.2) is 4.98 Å². The first-order valence-electron chi connectivity index (χ1n) is 6.68. The highest BCUT2D eigenvalue weighted by Crippen LogP contribution is 2.27. The van der Waals surface area contributed by atoms with E-state index in [4.69, 9.17) is 15.5 Å². The molecule has 0 aliphatic carbocycles. The molecule has 0 aliphatic rings. The van der Waals surface area contributed by atoms with Gasteiger partial charge in [-0.05, 0) is 24.6 Å². The minimum atomic E-state index is 0.0147. The molecule has 0 bridgehead atoms. The number of aromatic nitrogens is 2. The summed E-state index contributed by atoms with van der Waals surface area (Å²) in [6.07, 6.45) is 0.982. The highest BCUT2D eigenvalue weighted by Gasteiger charge is 2.22. The lowest BCUT2D eigenvalue weighted by atomic mass is 9.95. The van der Waals surface area contributed by atoms with Crippen LogP contribution in [0.3, 0.4) is 0 Å². The van der Waals surface area contributed by atoms with Crippen LogP contribution in [-0.2, 0) is 16.7 Å². The molecule has 2 rings (SSSR count). The first-order chi connectivity index (χ1) is 8.93. The largest absolute Gasteiger partial charge is 0.399 e. The third-order valence-corrected chi connectivity index (χ3v) is 3.17. The Kier molecular flexibility index (Phi) is 3.80. The predicted octanol–water partition coefficient (Wildman–Crippen LogP) is 2.95. The summed E-state index contributed by atoms with van der Waals surface area (Å²) in [5, 5.41) is 0. The molecule has 0 saturated heterocycles. The van der Waals surface area contributed by atoms with Gasteiger partial charge in [-0.1, -0.05) is 20.8 Å². The molecular weight excluding hydrogens is 238 g/mol. The molecule has 0 fully saturated rings. The minimum Gasteiger partial charge on any atom is -0.399 e. The van der Waals surface area contributed by atoms with E-state index in [0.29, 0.717) is 0 Å². The SMILES string of the molecule is COCCCn1c(C(C)(C)C)nc2cc(N)ccc21. The van der Waals surface area contributed by atoms with Gasteiger partial charge in [0.1, 0.15) is 5.82 Å². The lowest BCUT2D eigenvalue weighted by Crippen LogP contribution is -2.19. The van der Waals surface area contributed by atoms with Crippen LogP contribution in [0, 0.1) is 0 Å². The van der Waals surface area contributed by atoms with E-state index in [0.717, 1.165) is 42.1 Å². The zero-order valence-electron chi connectivity index (χ0n) is 12.2. The van der Waals surface area contributed by atoms with E-state index >= 15 is 0 Å². The van der Waals surface area contributed by atoms with E-state index in [1.165, 1.54) is 0 Å². The molecule has 0 unspecified atom stereocenters. The summed E-state index contributed by atoms with van der Waals surface area (Å²) < 4.78 is 7.43. The summed E-state index contributed by atoms with van der Waals surface area (Å²) in [6, 6.07) is 5.93. The van der Waals surface area contributed by atoms with Crippen molar-refractivity contribution in [3.05, 3.63) is 24.0 Å². The standard InChI is InChI=1S/C15H23N3O/c1-15(2,3)14-17-12-10-11(16)6-7-13(12)18(14)8-5-9-19-4/h6-7,10H,5,8-9,16H2,1-4H3. The van der Waals surface area contributed by atoms with Crippen LogP contribution in [0.2, 0.25) is 0 Å². The van der Waals surface area contributed by atoms with Crippen LogP contribution >= 0.6 is 0 Å². The van der Waals surface area contributed by atoms with Gasteiger partial charge in [0.25, 0.3) is 0 Å². The van der Waals surface area contributed by atoms with Crippen LogP contribution in [-0.4, -0.2) is 23.3 Å². The van der Waals surface area contributed by atoms with Crippen LogP contribution in [0.5, 0.6) is 0 Å². The van der Waals surface area contributed by atoms with Crippen LogP contribution < -0.4 is 5.73 Å². The van der Waals surface area contributed by atoms with Gasteiger partial charge < -0.3 is 15.0 Å². The molecule has 4 nitrogen and oxygen atoms in total. The molecule has 104 valence electrons. The topological polar surface area (TPSA) is 53.1 Å². The Bertz CT molecular complexity index is 567. The van der Waals surface area contributed by atoms with Crippen molar-refractivity contribution in [1.29, 1.82) is 0 Å². The molecule has 0 aliphatic heterocycles. The quantitative estimate of drug-likeness (QED) is 0.680. The van der Waals surface area contributed by atoms with Gasteiger partial charge in [0.2, 0.25) is 0 Å². The van der Waals surface area contributed by atoms with Crippen molar-refractivity contribution < 1.29 is 4.74 Å². The van der Waals surface area contributed by atoms with E-state index in [1.54, 1.807) is 7.11 Å². The summed E-state index contributed by atoms with van der Waals surface area (Å²) in [4.78, 5) is 4.77. The first-order valence-corrected chi connectivity index (χ1v) is 6.68. The van der Waals surface area contributed by atoms with E-state index < -0.39 is 0 Å². The second-order valence-electron chi connectivity index (χ2n) is 5.93. The first kappa shape index (κ1) is 13.9. The van der Waals surface area contributed by atoms with Gasteiger partial charge in [0.15, 0.2) is 0 Å². The normalized spacial score (nSPS) is 12.2. The molecular formula is C15H23N3O. The summed E-state index contributed by atoms with van der Waals surface area (Å²) in [5.74, 6) is 1.10. The summed E-state index contributed by atoms with van der Waals surface area (Å²) in [6.45, 7) is 8.23. The van der Waals surface area contributed by atoms with E-state index in [1.807, 2.05) is 12.1 Å². The second kappa shape index (κ2) is 5.21. The van der Waals surface area contributed by atoms with Crippen LogP contribution in [0.4, 0.5) is 5.69 Å². The van der Waals surface area contributed by atoms with Crippen molar-refractivity contribution in [2.45, 2.75) is 39.2 Å². The highest BCUT2D eigenvalue weighted by atomic mass is 16.5. The number of nitrogens with two attached hydrogens (primary N) is 1. The average molecular weight is 261 g/mol. The molecule has 4 heteroatoms. The van der Waals surface area contributed by atoms with Crippen molar-refractivity contribution in [1.82, 2.24) is 9.55 Å². The van der Waals surface area contributed by atoms with Gasteiger partial charge in [0.05, 0.1) is 11.0 Å². The van der Waals surface area contributed by atoms with Crippen LogP contribution in [0.25, 0.3) is 11.0 Å². The number of ether oxygens (including phenoxy) is 1. The number of anilines is 1. The number of hydrogen-bond donors (Lipinski definition) is 1. The number of fused-ring (bicyclic) bond motifs is 1. The van der Waals surface area contributed by atoms with Crippen molar-refractivity contribution in [3.8, 4) is 0 Å². The number of hydrogen-bond acceptors (Lipinski definition) is 3. The molecule has 1 aromatic carbocycles. The van der Waals surface area contributed by atoms with Crippen molar-refractivity contribution >= 4 is 16.7 Å². The number of aryl methyl sites for hydroxylation is 1. The maximum absolute atomic E-state index is 5.84. The van der Waals surface area contributed by atoms with E-state index in [-0.39, 0.29) is 5.41 Å². The van der Waals surface area contributed by atoms with Gasteiger partial charge in [-0.2, -0.15) is 0 Å². The van der Waals surface area contributed by atoms with Crippen molar-refractivity contribution in [3.63, 3.8) is 0 Å². The Morgan fingerprint density at radius 1 is 1.32 bits per heavy atom. The predicted molar refractivity (Wildman–Crippen MR) is 79.3 cm³/mol. The molecule has 2 N–H and O–H groups in total. The molecule has 1 heterocycles. The molecule has 0 saturated carbocycles. The summed E-state index contributed by atoms with van der Waals surface area (Å²) in [5.41, 5.74) is 8.74. The third kappa shape index (κ3) is 2.89. The zero-order chi connectivity index (χ0) is 14.0. The van der Waals surface area contributed by atoms with Gasteiger partial charge in [0, 0.05) is 31.4 Å². The number of rotatable bonds is 4. The highest BCUT2D eigenvalue weighted by molar-refractivity contribution is 5.79. The number of nitrogens with zero attached hydrogens (tertiary/aromatic N) is 2. The van der Waals surface area contributed by atoms with Crippen LogP contribution in [0.1, 0.15) is 33.0 Å². The van der Waals surface area contributed by atoms with Gasteiger partial charge >= 0.3 is 0 Å². The lowest BCUT2D eigenvalue weighted by Gasteiger charge is -2.20. The maximum atomic E-state index is 5.84. The smallest absolute Gasteiger partial charge is 0.115 e. The number of benzene rings is 1. The second-order valence-corrected chi connectivity index (χ2v) is 5.93.